The van der Waals surface area contributed by atoms with E-state index in [0.717, 1.165) is 18.4 Å². The number of carbonyl (C=O) groups is 1. The molecule has 1 aliphatic rings. The van der Waals surface area contributed by atoms with Gasteiger partial charge in [0.2, 0.25) is 0 Å². The fourth-order valence-corrected chi connectivity index (χ4v) is 2.53. The minimum absolute atomic E-state index is 0.000229. The zero-order valence-electron chi connectivity index (χ0n) is 13.5. The first-order chi connectivity index (χ1) is 12.2. The quantitative estimate of drug-likeness (QED) is 0.539. The number of anilines is 1. The molecule has 0 bridgehead atoms. The van der Waals surface area contributed by atoms with Crippen molar-refractivity contribution in [1.82, 2.24) is 25.3 Å². The Labute approximate surface area is 143 Å². The third-order valence-corrected chi connectivity index (χ3v) is 4.01. The number of amides is 1. The SMILES string of the molecule is O=C(NC1CC1)c1ccc(-c2nc(NCCO)c3[nH]cnc3n2)cc1. The van der Waals surface area contributed by atoms with Crippen molar-refractivity contribution in [2.75, 3.05) is 18.5 Å². The summed E-state index contributed by atoms with van der Waals surface area (Å²) < 4.78 is 0. The number of aromatic amines is 1. The summed E-state index contributed by atoms with van der Waals surface area (Å²) in [5.41, 5.74) is 2.65. The van der Waals surface area contributed by atoms with Crippen molar-refractivity contribution in [1.29, 1.82) is 0 Å². The highest BCUT2D eigenvalue weighted by atomic mass is 16.3. The molecule has 2 heterocycles. The van der Waals surface area contributed by atoms with E-state index < -0.39 is 0 Å². The van der Waals surface area contributed by atoms with Crippen LogP contribution in [-0.4, -0.2) is 50.1 Å². The molecule has 2 aromatic heterocycles. The standard InChI is InChI=1S/C17H18N6O2/c24-8-7-18-15-13-16(20-9-19-13)23-14(22-15)10-1-3-11(4-2-10)17(25)21-12-5-6-12/h1-4,9,12,24H,5-8H2,(H,21,25)(H2,18,19,20,22,23). The van der Waals surface area contributed by atoms with Gasteiger partial charge in [0.05, 0.1) is 12.9 Å². The second-order valence-corrected chi connectivity index (χ2v) is 5.97. The molecule has 128 valence electrons. The second kappa shape index (κ2) is 6.48. The second-order valence-electron chi connectivity index (χ2n) is 5.97. The van der Waals surface area contributed by atoms with Gasteiger partial charge in [0, 0.05) is 23.7 Å². The van der Waals surface area contributed by atoms with Gasteiger partial charge in [0.25, 0.3) is 5.91 Å². The van der Waals surface area contributed by atoms with Gasteiger partial charge in [0.15, 0.2) is 17.3 Å². The van der Waals surface area contributed by atoms with Crippen molar-refractivity contribution in [2.24, 2.45) is 0 Å². The van der Waals surface area contributed by atoms with Crippen LogP contribution in [0, 0.1) is 0 Å². The molecule has 8 nitrogen and oxygen atoms in total. The summed E-state index contributed by atoms with van der Waals surface area (Å²) in [5, 5.41) is 15.0. The van der Waals surface area contributed by atoms with Crippen molar-refractivity contribution in [3.63, 3.8) is 0 Å². The van der Waals surface area contributed by atoms with Crippen molar-refractivity contribution < 1.29 is 9.90 Å². The molecule has 0 radical (unpaired) electrons. The molecule has 1 amide bonds. The van der Waals surface area contributed by atoms with Crippen molar-refractivity contribution >= 4 is 22.9 Å². The molecule has 1 aromatic carbocycles. The normalized spacial score (nSPS) is 13.8. The third-order valence-electron chi connectivity index (χ3n) is 4.01. The number of imidazole rings is 1. The number of fused-ring (bicyclic) bond motifs is 1. The van der Waals surface area contributed by atoms with Gasteiger partial charge < -0.3 is 20.7 Å². The molecular weight excluding hydrogens is 320 g/mol. The van der Waals surface area contributed by atoms with Crippen LogP contribution in [0.2, 0.25) is 0 Å². The lowest BCUT2D eigenvalue weighted by atomic mass is 10.1. The minimum Gasteiger partial charge on any atom is -0.395 e. The summed E-state index contributed by atoms with van der Waals surface area (Å²) in [6.07, 6.45) is 3.68. The highest BCUT2D eigenvalue weighted by molar-refractivity contribution is 5.95. The molecule has 0 atom stereocenters. The number of H-pyrrole nitrogens is 1. The van der Waals surface area contributed by atoms with Crippen LogP contribution in [-0.2, 0) is 0 Å². The third kappa shape index (κ3) is 3.29. The first kappa shape index (κ1) is 15.5. The monoisotopic (exact) mass is 338 g/mol. The van der Waals surface area contributed by atoms with Crippen molar-refractivity contribution in [3.8, 4) is 11.4 Å². The van der Waals surface area contributed by atoms with Crippen LogP contribution in [0.1, 0.15) is 23.2 Å². The molecule has 3 aromatic rings. The Morgan fingerprint density at radius 3 is 2.76 bits per heavy atom. The van der Waals surface area contributed by atoms with E-state index in [-0.39, 0.29) is 12.5 Å². The molecule has 4 N–H and O–H groups in total. The first-order valence-corrected chi connectivity index (χ1v) is 8.22. The molecule has 1 saturated carbocycles. The largest absolute Gasteiger partial charge is 0.395 e. The predicted octanol–water partition coefficient (Wildman–Crippen LogP) is 1.32. The molecular formula is C17H18N6O2. The highest BCUT2D eigenvalue weighted by Gasteiger charge is 2.23. The summed E-state index contributed by atoms with van der Waals surface area (Å²) in [4.78, 5) is 28.2. The van der Waals surface area contributed by atoms with E-state index in [1.54, 1.807) is 18.5 Å². The average Bonchev–Trinajstić information content (AvgIpc) is 3.32. The lowest BCUT2D eigenvalue weighted by molar-refractivity contribution is 0.0951. The number of aliphatic hydroxyl groups is 1. The number of hydrogen-bond acceptors (Lipinski definition) is 6. The van der Waals surface area contributed by atoms with Crippen molar-refractivity contribution in [2.45, 2.75) is 18.9 Å². The maximum Gasteiger partial charge on any atom is 0.251 e. The summed E-state index contributed by atoms with van der Waals surface area (Å²) in [6.45, 7) is 0.380. The van der Waals surface area contributed by atoms with Crippen LogP contribution in [0.5, 0.6) is 0 Å². The topological polar surface area (TPSA) is 116 Å². The number of aliphatic hydroxyl groups excluding tert-OH is 1. The maximum atomic E-state index is 12.1. The van der Waals surface area contributed by atoms with E-state index in [0.29, 0.717) is 41.0 Å². The van der Waals surface area contributed by atoms with Gasteiger partial charge in [-0.15, -0.1) is 0 Å². The van der Waals surface area contributed by atoms with E-state index in [2.05, 4.69) is 30.6 Å². The van der Waals surface area contributed by atoms with E-state index in [1.165, 1.54) is 0 Å². The zero-order chi connectivity index (χ0) is 17.2. The maximum absolute atomic E-state index is 12.1. The van der Waals surface area contributed by atoms with Crippen LogP contribution >= 0.6 is 0 Å². The van der Waals surface area contributed by atoms with Crippen LogP contribution in [0.3, 0.4) is 0 Å². The fourth-order valence-electron chi connectivity index (χ4n) is 2.53. The van der Waals surface area contributed by atoms with E-state index in [1.807, 2.05) is 12.1 Å². The molecule has 1 aliphatic carbocycles. The highest BCUT2D eigenvalue weighted by Crippen LogP contribution is 2.23. The van der Waals surface area contributed by atoms with Crippen molar-refractivity contribution in [3.05, 3.63) is 36.2 Å². The Morgan fingerprint density at radius 2 is 2.04 bits per heavy atom. The molecule has 0 aliphatic heterocycles. The molecule has 25 heavy (non-hydrogen) atoms. The Kier molecular flexibility index (Phi) is 4.02. The van der Waals surface area contributed by atoms with E-state index in [9.17, 15) is 4.79 Å². The lowest BCUT2D eigenvalue weighted by Gasteiger charge is -2.08. The van der Waals surface area contributed by atoms with Crippen LogP contribution in [0.15, 0.2) is 30.6 Å². The lowest BCUT2D eigenvalue weighted by Crippen LogP contribution is -2.25. The fraction of sp³-hybridized carbons (Fsp3) is 0.294. The predicted molar refractivity (Wildman–Crippen MR) is 93.2 cm³/mol. The van der Waals surface area contributed by atoms with Gasteiger partial charge in [-0.1, -0.05) is 12.1 Å². The van der Waals surface area contributed by atoms with Gasteiger partial charge in [-0.2, -0.15) is 0 Å². The minimum atomic E-state index is -0.0528. The number of benzene rings is 1. The van der Waals surface area contributed by atoms with E-state index >= 15 is 0 Å². The van der Waals surface area contributed by atoms with Gasteiger partial charge in [-0.3, -0.25) is 4.79 Å². The number of rotatable bonds is 6. The van der Waals surface area contributed by atoms with E-state index in [4.69, 9.17) is 5.11 Å². The number of hydrogen-bond donors (Lipinski definition) is 4. The van der Waals surface area contributed by atoms with Crippen LogP contribution < -0.4 is 10.6 Å². The van der Waals surface area contributed by atoms with Crippen LogP contribution in [0.4, 0.5) is 5.82 Å². The summed E-state index contributed by atoms with van der Waals surface area (Å²) >= 11 is 0. The average molecular weight is 338 g/mol. The summed E-state index contributed by atoms with van der Waals surface area (Å²) in [5.74, 6) is 1.04. The van der Waals surface area contributed by atoms with Gasteiger partial charge >= 0.3 is 0 Å². The Hall–Kier alpha value is -3.00. The smallest absolute Gasteiger partial charge is 0.251 e. The molecule has 0 spiro atoms. The first-order valence-electron chi connectivity index (χ1n) is 8.22. The molecule has 0 saturated heterocycles. The number of nitrogens with one attached hydrogen (secondary N) is 3. The Morgan fingerprint density at radius 1 is 1.24 bits per heavy atom. The molecule has 4 rings (SSSR count). The summed E-state index contributed by atoms with van der Waals surface area (Å²) in [7, 11) is 0. The zero-order valence-corrected chi connectivity index (χ0v) is 13.5. The molecule has 1 fully saturated rings. The molecule has 0 unspecified atom stereocenters. The number of nitrogens with zero attached hydrogens (tertiary/aromatic N) is 3. The number of aromatic nitrogens is 4. The molecule has 8 heteroatoms. The Balaban J connectivity index is 1.62. The Bertz CT molecular complexity index is 901. The number of carbonyl (C=O) groups excluding carboxylic acids is 1. The van der Waals surface area contributed by atoms with Gasteiger partial charge in [-0.05, 0) is 25.0 Å². The van der Waals surface area contributed by atoms with Crippen LogP contribution in [0.25, 0.3) is 22.6 Å². The van der Waals surface area contributed by atoms with Gasteiger partial charge in [0.1, 0.15) is 5.52 Å². The summed E-state index contributed by atoms with van der Waals surface area (Å²) in [6, 6.07) is 7.52. The van der Waals surface area contributed by atoms with Gasteiger partial charge in [-0.25, -0.2) is 15.0 Å².